The van der Waals surface area contributed by atoms with Crippen LogP contribution in [0, 0.1) is 56.7 Å². The van der Waals surface area contributed by atoms with E-state index >= 15 is 0 Å². The molecule has 0 aromatic rings. The topological polar surface area (TPSA) is 40.5 Å². The summed E-state index contributed by atoms with van der Waals surface area (Å²) in [6, 6.07) is 0. The summed E-state index contributed by atoms with van der Waals surface area (Å²) in [6.07, 6.45) is 11.7. The zero-order valence-electron chi connectivity index (χ0n) is 22.3. The minimum atomic E-state index is -0.160. The first kappa shape index (κ1) is 24.0. The molecule has 0 radical (unpaired) electrons. The molecule has 0 saturated heterocycles. The fourth-order valence-electron chi connectivity index (χ4n) is 11.6. The third-order valence-electron chi connectivity index (χ3n) is 13.6. The molecule has 5 aliphatic carbocycles. The Morgan fingerprint density at radius 3 is 2.09 bits per heavy atom. The zero-order chi connectivity index (χ0) is 24.2. The Morgan fingerprint density at radius 1 is 0.758 bits per heavy atom. The van der Waals surface area contributed by atoms with Gasteiger partial charge in [0.1, 0.15) is 0 Å². The quantitative estimate of drug-likeness (QED) is 0.327. The van der Waals surface area contributed by atoms with E-state index in [4.69, 9.17) is 0 Å². The molecule has 5 rings (SSSR count). The Hall–Kier alpha value is -0.760. The summed E-state index contributed by atoms with van der Waals surface area (Å²) in [6.45, 7) is 23.4. The van der Waals surface area contributed by atoms with Gasteiger partial charge in [0.25, 0.3) is 0 Å². The van der Waals surface area contributed by atoms with Gasteiger partial charge in [-0.3, -0.25) is 0 Å². The van der Waals surface area contributed by atoms with Gasteiger partial charge in [-0.05, 0) is 122 Å². The van der Waals surface area contributed by atoms with E-state index in [9.17, 15) is 10.2 Å². The predicted octanol–water partition coefficient (Wildman–Crippen LogP) is 8.08. The number of aliphatic hydroxyl groups is 2. The summed E-state index contributed by atoms with van der Waals surface area (Å²) in [4.78, 5) is 0. The van der Waals surface area contributed by atoms with Gasteiger partial charge in [-0.1, -0.05) is 53.3 Å². The summed E-state index contributed by atoms with van der Waals surface area (Å²) in [5.74, 6) is 3.47. The maximum atomic E-state index is 10.9. The molecule has 10 atom stereocenters. The van der Waals surface area contributed by atoms with E-state index in [1.807, 2.05) is 0 Å². The molecule has 33 heavy (non-hydrogen) atoms. The van der Waals surface area contributed by atoms with Crippen LogP contribution in [0.25, 0.3) is 0 Å². The van der Waals surface area contributed by atoms with E-state index in [-0.39, 0.29) is 16.9 Å². The van der Waals surface area contributed by atoms with Gasteiger partial charge < -0.3 is 10.2 Å². The number of hydrogen-bond acceptors (Lipinski definition) is 2. The third kappa shape index (κ3) is 2.77. The fourth-order valence-corrected chi connectivity index (χ4v) is 11.6. The monoisotopic (exact) mass is 454 g/mol. The predicted molar refractivity (Wildman–Crippen MR) is 137 cm³/mol. The van der Waals surface area contributed by atoms with E-state index in [1.165, 1.54) is 44.1 Å². The van der Waals surface area contributed by atoms with Crippen LogP contribution in [0.4, 0.5) is 0 Å². The molecule has 5 saturated carbocycles. The molecule has 0 spiro atoms. The first-order valence-electron chi connectivity index (χ1n) is 14.0. The third-order valence-corrected chi connectivity index (χ3v) is 13.6. The van der Waals surface area contributed by atoms with Crippen LogP contribution in [0.5, 0.6) is 0 Å². The van der Waals surface area contributed by atoms with Crippen molar-refractivity contribution >= 4 is 0 Å². The van der Waals surface area contributed by atoms with Crippen molar-refractivity contribution in [3.63, 3.8) is 0 Å². The molecule has 5 fully saturated rings. The van der Waals surface area contributed by atoms with Crippen LogP contribution in [-0.2, 0) is 0 Å². The van der Waals surface area contributed by atoms with Crippen LogP contribution in [-0.4, -0.2) is 16.3 Å². The van der Waals surface area contributed by atoms with Crippen LogP contribution < -0.4 is 0 Å². The van der Waals surface area contributed by atoms with Crippen molar-refractivity contribution in [3.8, 4) is 0 Å². The van der Waals surface area contributed by atoms with Crippen molar-refractivity contribution in [2.24, 2.45) is 56.7 Å². The van der Waals surface area contributed by atoms with Crippen molar-refractivity contribution in [2.45, 2.75) is 112 Å². The summed E-state index contributed by atoms with van der Waals surface area (Å²) >= 11 is 0. The lowest BCUT2D eigenvalue weighted by Crippen LogP contribution is -2.66. The highest BCUT2D eigenvalue weighted by atomic mass is 16.3. The van der Waals surface area contributed by atoms with E-state index in [0.29, 0.717) is 45.7 Å². The minimum absolute atomic E-state index is 0.0128. The van der Waals surface area contributed by atoms with Gasteiger partial charge in [-0.15, -0.1) is 0 Å². The van der Waals surface area contributed by atoms with Crippen molar-refractivity contribution in [2.75, 3.05) is 0 Å². The van der Waals surface area contributed by atoms with Crippen molar-refractivity contribution in [3.05, 3.63) is 24.5 Å². The molecule has 186 valence electrons. The standard InChI is InChI=1S/C31H50O2/c1-19(2)21-11-16-31(20(3)32)18-17-29(7)22(26(21)31)9-10-24-28(6)14-13-25(33)27(4,5)23(28)12-15-30(24,29)8/h21-26,32-33H,1,3,9-18H2,2,4-8H3/t21-,22?,23-,24+,25-,26?,28-,29+,30+,31+/m0/s1. The maximum Gasteiger partial charge on any atom is 0.0915 e. The van der Waals surface area contributed by atoms with Gasteiger partial charge in [0, 0.05) is 5.41 Å². The molecule has 2 heteroatoms. The van der Waals surface area contributed by atoms with E-state index in [1.54, 1.807) is 0 Å². The van der Waals surface area contributed by atoms with E-state index in [0.717, 1.165) is 31.6 Å². The molecule has 2 N–H and O–H groups in total. The number of rotatable bonds is 2. The molecule has 0 aromatic carbocycles. The summed E-state index contributed by atoms with van der Waals surface area (Å²) < 4.78 is 0. The summed E-state index contributed by atoms with van der Waals surface area (Å²) in [7, 11) is 0. The molecule has 0 bridgehead atoms. The molecule has 0 amide bonds. The Bertz CT molecular complexity index is 857. The highest BCUT2D eigenvalue weighted by Gasteiger charge is 2.71. The largest absolute Gasteiger partial charge is 0.512 e. The lowest BCUT2D eigenvalue weighted by Gasteiger charge is -2.73. The Labute approximate surface area is 203 Å². The van der Waals surface area contributed by atoms with Crippen LogP contribution >= 0.6 is 0 Å². The maximum absolute atomic E-state index is 10.9. The lowest BCUT2D eigenvalue weighted by atomic mass is 9.32. The molecule has 0 heterocycles. The number of fused-ring (bicyclic) bond motifs is 7. The number of aliphatic hydroxyl groups excluding tert-OH is 2. The average Bonchev–Trinajstić information content (AvgIpc) is 3.13. The summed E-state index contributed by atoms with van der Waals surface area (Å²) in [5, 5.41) is 21.9. The van der Waals surface area contributed by atoms with Crippen molar-refractivity contribution in [1.82, 2.24) is 0 Å². The first-order chi connectivity index (χ1) is 15.3. The second kappa shape index (κ2) is 7.14. The highest BCUT2D eigenvalue weighted by molar-refractivity contribution is 5.25. The lowest BCUT2D eigenvalue weighted by molar-refractivity contribution is -0.246. The Kier molecular flexibility index (Phi) is 5.19. The normalized spacial score (nSPS) is 55.0. The minimum Gasteiger partial charge on any atom is -0.512 e. The SMILES string of the molecule is C=C(C)[C@@H]1CC[C@]2(C(=C)O)CC[C@]3(C)C(CC[C@@H]4[C@@]5(C)CC[C@H](O)C(C)(C)[C@@H]5CC[C@]43C)C12. The molecule has 2 nitrogen and oxygen atoms in total. The number of allylic oxidation sites excluding steroid dienone is 2. The van der Waals surface area contributed by atoms with E-state index in [2.05, 4.69) is 54.7 Å². The van der Waals surface area contributed by atoms with Crippen molar-refractivity contribution in [1.29, 1.82) is 0 Å². The summed E-state index contributed by atoms with van der Waals surface area (Å²) in [5.41, 5.74) is 2.19. The van der Waals surface area contributed by atoms with Gasteiger partial charge >= 0.3 is 0 Å². The van der Waals surface area contributed by atoms with Crippen LogP contribution in [0.2, 0.25) is 0 Å². The Balaban J connectivity index is 1.57. The fraction of sp³-hybridized carbons (Fsp3) is 0.871. The first-order valence-corrected chi connectivity index (χ1v) is 14.0. The molecule has 5 aliphatic rings. The average molecular weight is 455 g/mol. The van der Waals surface area contributed by atoms with Crippen LogP contribution in [0.15, 0.2) is 24.5 Å². The van der Waals surface area contributed by atoms with Gasteiger partial charge in [0.05, 0.1) is 11.9 Å². The Morgan fingerprint density at radius 2 is 1.45 bits per heavy atom. The van der Waals surface area contributed by atoms with Gasteiger partial charge in [-0.25, -0.2) is 0 Å². The smallest absolute Gasteiger partial charge is 0.0915 e. The molecular weight excluding hydrogens is 404 g/mol. The number of hydrogen-bond donors (Lipinski definition) is 2. The second-order valence-electron chi connectivity index (χ2n) is 14.7. The second-order valence-corrected chi connectivity index (χ2v) is 14.7. The van der Waals surface area contributed by atoms with Crippen molar-refractivity contribution < 1.29 is 10.2 Å². The van der Waals surface area contributed by atoms with Gasteiger partial charge in [0.15, 0.2) is 0 Å². The van der Waals surface area contributed by atoms with E-state index < -0.39 is 0 Å². The van der Waals surface area contributed by atoms with Gasteiger partial charge in [0.2, 0.25) is 0 Å². The molecular formula is C31H50O2. The van der Waals surface area contributed by atoms with Crippen LogP contribution in [0.3, 0.4) is 0 Å². The molecule has 0 aliphatic heterocycles. The molecule has 0 aromatic heterocycles. The zero-order valence-corrected chi connectivity index (χ0v) is 22.3. The van der Waals surface area contributed by atoms with Crippen LogP contribution in [0.1, 0.15) is 106 Å². The highest BCUT2D eigenvalue weighted by Crippen LogP contribution is 2.78. The van der Waals surface area contributed by atoms with Gasteiger partial charge in [-0.2, -0.15) is 0 Å². The molecule has 2 unspecified atom stereocenters.